The minimum Gasteiger partial charge on any atom is -0.507 e. The van der Waals surface area contributed by atoms with Crippen molar-refractivity contribution in [2.45, 2.75) is 11.3 Å². The first-order valence-corrected chi connectivity index (χ1v) is 8.63. The minimum atomic E-state index is -3.93. The van der Waals surface area contributed by atoms with Crippen LogP contribution in [-0.2, 0) is 16.4 Å². The number of hydrogen-bond acceptors (Lipinski definition) is 5. The van der Waals surface area contributed by atoms with E-state index in [1.54, 1.807) is 18.3 Å². The summed E-state index contributed by atoms with van der Waals surface area (Å²) in [7, 11) is -3.93. The van der Waals surface area contributed by atoms with Gasteiger partial charge in [0.15, 0.2) is 0 Å². The molecule has 0 spiro atoms. The average molecular weight is 345 g/mol. The molecular formula is C16H15N3O4S. The number of primary amides is 1. The van der Waals surface area contributed by atoms with Crippen LogP contribution in [0.4, 0.5) is 5.69 Å². The fourth-order valence-electron chi connectivity index (χ4n) is 2.45. The molecule has 0 unspecified atom stereocenters. The first-order chi connectivity index (χ1) is 11.4. The van der Waals surface area contributed by atoms with Crippen molar-refractivity contribution in [3.05, 3.63) is 53.1 Å². The number of rotatable bonds is 4. The third-order valence-corrected chi connectivity index (χ3v) is 5.06. The van der Waals surface area contributed by atoms with Gasteiger partial charge >= 0.3 is 0 Å². The van der Waals surface area contributed by atoms with Gasteiger partial charge in [0.1, 0.15) is 5.75 Å². The standard InChI is InChI=1S/C16H15N3O4S/c17-16(21)14-8-13(3-4-15(14)20)24(22,23)19-12-2-1-10-5-6-18-9-11(10)7-12/h1-4,7-9,19-20H,5-6H2,(H2,17,21). The van der Waals surface area contributed by atoms with E-state index in [2.05, 4.69) is 9.71 Å². The Morgan fingerprint density at radius 3 is 2.75 bits per heavy atom. The zero-order valence-electron chi connectivity index (χ0n) is 12.6. The van der Waals surface area contributed by atoms with Crippen LogP contribution in [0.2, 0.25) is 0 Å². The second-order valence-corrected chi connectivity index (χ2v) is 7.03. The van der Waals surface area contributed by atoms with Crippen LogP contribution in [0, 0.1) is 0 Å². The maximum absolute atomic E-state index is 12.5. The van der Waals surface area contributed by atoms with Gasteiger partial charge in [-0.15, -0.1) is 0 Å². The van der Waals surface area contributed by atoms with Crippen LogP contribution in [0.25, 0.3) is 0 Å². The van der Waals surface area contributed by atoms with Crippen LogP contribution in [0.1, 0.15) is 21.5 Å². The molecule has 124 valence electrons. The molecule has 0 radical (unpaired) electrons. The van der Waals surface area contributed by atoms with Crippen LogP contribution in [0.5, 0.6) is 5.75 Å². The molecule has 1 amide bonds. The molecule has 2 aromatic rings. The maximum atomic E-state index is 12.5. The van der Waals surface area contributed by atoms with E-state index in [-0.39, 0.29) is 16.2 Å². The van der Waals surface area contributed by atoms with E-state index in [4.69, 9.17) is 5.73 Å². The lowest BCUT2D eigenvalue weighted by atomic mass is 10.0. The van der Waals surface area contributed by atoms with Gasteiger partial charge in [0, 0.05) is 18.4 Å². The third kappa shape index (κ3) is 3.09. The summed E-state index contributed by atoms with van der Waals surface area (Å²) in [6.45, 7) is 0.724. The van der Waals surface area contributed by atoms with Gasteiger partial charge in [-0.2, -0.15) is 0 Å². The van der Waals surface area contributed by atoms with Crippen molar-refractivity contribution in [1.29, 1.82) is 0 Å². The summed E-state index contributed by atoms with van der Waals surface area (Å²) in [5, 5.41) is 9.56. The highest BCUT2D eigenvalue weighted by Crippen LogP contribution is 2.24. The lowest BCUT2D eigenvalue weighted by Gasteiger charge is -2.13. The Morgan fingerprint density at radius 2 is 2.00 bits per heavy atom. The van der Waals surface area contributed by atoms with Gasteiger partial charge in [-0.25, -0.2) is 8.42 Å². The first kappa shape index (κ1) is 16.0. The molecule has 1 heterocycles. The van der Waals surface area contributed by atoms with Crippen molar-refractivity contribution >= 4 is 27.8 Å². The maximum Gasteiger partial charge on any atom is 0.261 e. The molecule has 0 fully saturated rings. The van der Waals surface area contributed by atoms with Gasteiger partial charge in [0.2, 0.25) is 0 Å². The smallest absolute Gasteiger partial charge is 0.261 e. The number of hydrogen-bond donors (Lipinski definition) is 3. The highest BCUT2D eigenvalue weighted by atomic mass is 32.2. The quantitative estimate of drug-likeness (QED) is 0.772. The Balaban J connectivity index is 1.94. The fraction of sp³-hybridized carbons (Fsp3) is 0.125. The van der Waals surface area contributed by atoms with Crippen molar-refractivity contribution in [2.24, 2.45) is 10.7 Å². The molecule has 0 atom stereocenters. The molecular weight excluding hydrogens is 330 g/mol. The average Bonchev–Trinajstić information content (AvgIpc) is 2.54. The predicted molar refractivity (Wildman–Crippen MR) is 90.0 cm³/mol. The number of anilines is 1. The number of amides is 1. The van der Waals surface area contributed by atoms with Gasteiger partial charge in [0.05, 0.1) is 10.5 Å². The second kappa shape index (κ2) is 5.97. The van der Waals surface area contributed by atoms with E-state index >= 15 is 0 Å². The van der Waals surface area contributed by atoms with Crippen LogP contribution in [-0.4, -0.2) is 32.2 Å². The lowest BCUT2D eigenvalue weighted by molar-refractivity contribution is 0.0997. The molecule has 8 heteroatoms. The normalized spacial score (nSPS) is 13.3. The van der Waals surface area contributed by atoms with Crippen LogP contribution in [0.15, 0.2) is 46.3 Å². The van der Waals surface area contributed by atoms with Crippen LogP contribution < -0.4 is 10.5 Å². The number of nitrogens with two attached hydrogens (primary N) is 1. The number of aromatic hydroxyl groups is 1. The van der Waals surface area contributed by atoms with E-state index in [0.29, 0.717) is 5.69 Å². The Bertz CT molecular complexity index is 952. The Labute approximate surface area is 138 Å². The molecule has 2 aromatic carbocycles. The minimum absolute atomic E-state index is 0.166. The van der Waals surface area contributed by atoms with E-state index in [1.807, 2.05) is 6.07 Å². The number of nitrogens with zero attached hydrogens (tertiary/aromatic N) is 1. The molecule has 1 aliphatic heterocycles. The van der Waals surface area contributed by atoms with Crippen molar-refractivity contribution in [1.82, 2.24) is 0 Å². The molecule has 1 aliphatic rings. The number of benzene rings is 2. The van der Waals surface area contributed by atoms with Crippen LogP contribution in [0.3, 0.4) is 0 Å². The van der Waals surface area contributed by atoms with E-state index in [0.717, 1.165) is 36.2 Å². The number of nitrogens with one attached hydrogen (secondary N) is 1. The molecule has 0 saturated heterocycles. The van der Waals surface area contributed by atoms with E-state index in [1.165, 1.54) is 6.07 Å². The summed E-state index contributed by atoms with van der Waals surface area (Å²) in [4.78, 5) is 15.3. The predicted octanol–water partition coefficient (Wildman–Crippen LogP) is 1.27. The molecule has 0 aliphatic carbocycles. The van der Waals surface area contributed by atoms with Gasteiger partial charge in [0.25, 0.3) is 15.9 Å². The van der Waals surface area contributed by atoms with Crippen molar-refractivity contribution < 1.29 is 18.3 Å². The summed E-state index contributed by atoms with van der Waals surface area (Å²) in [6.07, 6.45) is 2.53. The Hall–Kier alpha value is -2.87. The Kier molecular flexibility index (Phi) is 3.98. The molecule has 3 rings (SSSR count). The molecule has 24 heavy (non-hydrogen) atoms. The lowest BCUT2D eigenvalue weighted by Crippen LogP contribution is -2.16. The summed E-state index contributed by atoms with van der Waals surface area (Å²) < 4.78 is 27.4. The number of phenols is 1. The van der Waals surface area contributed by atoms with Crippen molar-refractivity contribution in [3.8, 4) is 5.75 Å². The van der Waals surface area contributed by atoms with Crippen molar-refractivity contribution in [2.75, 3.05) is 11.3 Å². The largest absolute Gasteiger partial charge is 0.507 e. The molecule has 4 N–H and O–H groups in total. The number of carbonyl (C=O) groups excluding carboxylic acids is 1. The summed E-state index contributed by atoms with van der Waals surface area (Å²) in [6, 6.07) is 8.58. The SMILES string of the molecule is NC(=O)c1cc(S(=O)(=O)Nc2ccc3c(c2)C=NCC3)ccc1O. The summed E-state index contributed by atoms with van der Waals surface area (Å²) >= 11 is 0. The monoisotopic (exact) mass is 345 g/mol. The van der Waals surface area contributed by atoms with E-state index in [9.17, 15) is 18.3 Å². The number of fused-ring (bicyclic) bond motifs is 1. The summed E-state index contributed by atoms with van der Waals surface area (Å²) in [5.74, 6) is -1.28. The van der Waals surface area contributed by atoms with Gasteiger partial charge in [-0.05, 0) is 47.9 Å². The molecule has 0 bridgehead atoms. The van der Waals surface area contributed by atoms with Gasteiger partial charge in [-0.1, -0.05) is 6.07 Å². The highest BCUT2D eigenvalue weighted by molar-refractivity contribution is 7.92. The van der Waals surface area contributed by atoms with Gasteiger partial charge < -0.3 is 10.8 Å². The number of carbonyl (C=O) groups is 1. The van der Waals surface area contributed by atoms with Crippen molar-refractivity contribution in [3.63, 3.8) is 0 Å². The van der Waals surface area contributed by atoms with Crippen LogP contribution >= 0.6 is 0 Å². The fourth-order valence-corrected chi connectivity index (χ4v) is 3.52. The Morgan fingerprint density at radius 1 is 1.21 bits per heavy atom. The summed E-state index contributed by atoms with van der Waals surface area (Å²) in [5.41, 5.74) is 7.23. The highest BCUT2D eigenvalue weighted by Gasteiger charge is 2.19. The van der Waals surface area contributed by atoms with E-state index < -0.39 is 15.9 Å². The topological polar surface area (TPSA) is 122 Å². The van der Waals surface area contributed by atoms with Gasteiger partial charge in [-0.3, -0.25) is 14.5 Å². The molecule has 7 nitrogen and oxygen atoms in total. The third-order valence-electron chi connectivity index (χ3n) is 3.68. The second-order valence-electron chi connectivity index (χ2n) is 5.35. The molecule has 0 saturated carbocycles. The molecule has 0 aromatic heterocycles. The number of sulfonamides is 1. The zero-order chi connectivity index (χ0) is 17.3. The number of aliphatic imine (C=N–C) groups is 1. The first-order valence-electron chi connectivity index (χ1n) is 7.15. The zero-order valence-corrected chi connectivity index (χ0v) is 13.4.